The van der Waals surface area contributed by atoms with Crippen molar-refractivity contribution in [2.24, 2.45) is 5.92 Å². The first-order valence-corrected chi connectivity index (χ1v) is 8.58. The summed E-state index contributed by atoms with van der Waals surface area (Å²) in [4.78, 5) is 12.1. The Morgan fingerprint density at radius 2 is 1.82 bits per heavy atom. The molecule has 0 radical (unpaired) electrons. The van der Waals surface area contributed by atoms with E-state index in [9.17, 15) is 4.79 Å². The minimum absolute atomic E-state index is 0. The maximum Gasteiger partial charge on any atom is 0.223 e. The summed E-state index contributed by atoms with van der Waals surface area (Å²) in [7, 11) is 0. The molecule has 3 aliphatic rings. The third-order valence-corrected chi connectivity index (χ3v) is 4.99. The summed E-state index contributed by atoms with van der Waals surface area (Å²) in [5.74, 6) is 0.00280. The first-order chi connectivity index (χ1) is 10.3. The van der Waals surface area contributed by atoms with Crippen LogP contribution in [-0.4, -0.2) is 44.0 Å². The van der Waals surface area contributed by atoms with E-state index in [4.69, 9.17) is 9.47 Å². The molecule has 2 aliphatic heterocycles. The maximum absolute atomic E-state index is 12.1. The van der Waals surface area contributed by atoms with Gasteiger partial charge in [0.25, 0.3) is 0 Å². The van der Waals surface area contributed by atoms with E-state index in [2.05, 4.69) is 10.6 Å². The van der Waals surface area contributed by atoms with Crippen LogP contribution in [0.4, 0.5) is 0 Å². The molecule has 22 heavy (non-hydrogen) atoms. The molecule has 1 atom stereocenters. The zero-order valence-electron chi connectivity index (χ0n) is 13.3. The van der Waals surface area contributed by atoms with Crippen LogP contribution in [0, 0.1) is 5.92 Å². The lowest BCUT2D eigenvalue weighted by molar-refractivity contribution is -0.175. The van der Waals surface area contributed by atoms with Crippen LogP contribution in [0.25, 0.3) is 0 Å². The Morgan fingerprint density at radius 3 is 2.50 bits per heavy atom. The quantitative estimate of drug-likeness (QED) is 0.830. The number of nitrogens with one attached hydrogen (secondary N) is 2. The van der Waals surface area contributed by atoms with Gasteiger partial charge in [0.15, 0.2) is 5.79 Å². The zero-order chi connectivity index (χ0) is 14.5. The third-order valence-electron chi connectivity index (χ3n) is 4.99. The van der Waals surface area contributed by atoms with Gasteiger partial charge in [0.1, 0.15) is 6.10 Å². The minimum atomic E-state index is -0.347. The zero-order valence-corrected chi connectivity index (χ0v) is 14.1. The predicted octanol–water partition coefficient (Wildman–Crippen LogP) is 1.99. The Balaban J connectivity index is 0.00000176. The third kappa shape index (κ3) is 4.57. The molecule has 1 saturated carbocycles. The van der Waals surface area contributed by atoms with Gasteiger partial charge in [0.2, 0.25) is 5.91 Å². The van der Waals surface area contributed by atoms with Crippen molar-refractivity contribution >= 4 is 18.3 Å². The molecule has 2 saturated heterocycles. The standard InChI is InChI=1S/C16H28N2O3.ClH/c19-15(13-5-9-17-10-6-13)18-11-14-12-20-16(21-14)7-3-1-2-4-8-16;/h13-14,17H,1-12H2,(H,18,19);1H. The lowest BCUT2D eigenvalue weighted by atomic mass is 9.97. The largest absolute Gasteiger partial charge is 0.353 e. The molecular formula is C16H29ClN2O3. The smallest absolute Gasteiger partial charge is 0.223 e. The second kappa shape index (κ2) is 8.48. The van der Waals surface area contributed by atoms with Gasteiger partial charge in [0.05, 0.1) is 6.61 Å². The highest BCUT2D eigenvalue weighted by Crippen LogP contribution is 2.36. The van der Waals surface area contributed by atoms with Crippen molar-refractivity contribution in [3.8, 4) is 0 Å². The van der Waals surface area contributed by atoms with Crippen LogP contribution in [0.3, 0.4) is 0 Å². The molecule has 1 unspecified atom stereocenters. The van der Waals surface area contributed by atoms with Crippen LogP contribution < -0.4 is 10.6 Å². The average Bonchev–Trinajstić information content (AvgIpc) is 2.77. The molecule has 5 nitrogen and oxygen atoms in total. The summed E-state index contributed by atoms with van der Waals surface area (Å²) < 4.78 is 12.1. The van der Waals surface area contributed by atoms with Gasteiger partial charge in [-0.3, -0.25) is 4.79 Å². The lowest BCUT2D eigenvalue weighted by Crippen LogP contribution is -2.41. The highest BCUT2D eigenvalue weighted by Gasteiger charge is 2.41. The molecule has 3 fully saturated rings. The number of rotatable bonds is 3. The van der Waals surface area contributed by atoms with Crippen LogP contribution in [0.5, 0.6) is 0 Å². The van der Waals surface area contributed by atoms with Crippen LogP contribution in [0.1, 0.15) is 51.4 Å². The van der Waals surface area contributed by atoms with Crippen LogP contribution in [0.15, 0.2) is 0 Å². The molecule has 1 spiro atoms. The lowest BCUT2D eigenvalue weighted by Gasteiger charge is -2.27. The highest BCUT2D eigenvalue weighted by molar-refractivity contribution is 5.85. The van der Waals surface area contributed by atoms with Gasteiger partial charge in [-0.1, -0.05) is 12.8 Å². The summed E-state index contributed by atoms with van der Waals surface area (Å²) in [5, 5.41) is 6.35. The Bertz CT molecular complexity index is 353. The molecule has 0 aromatic rings. The SMILES string of the molecule is Cl.O=C(NCC1COC2(CCCCCC2)O1)C1CCNCC1. The van der Waals surface area contributed by atoms with Gasteiger partial charge < -0.3 is 20.1 Å². The van der Waals surface area contributed by atoms with E-state index >= 15 is 0 Å². The van der Waals surface area contributed by atoms with Crippen LogP contribution in [0.2, 0.25) is 0 Å². The summed E-state index contributed by atoms with van der Waals surface area (Å²) in [5.41, 5.74) is 0. The van der Waals surface area contributed by atoms with Crippen molar-refractivity contribution in [1.29, 1.82) is 0 Å². The number of halogens is 1. The van der Waals surface area contributed by atoms with E-state index in [1.807, 2.05) is 0 Å². The van der Waals surface area contributed by atoms with Gasteiger partial charge in [-0.05, 0) is 38.8 Å². The van der Waals surface area contributed by atoms with Gasteiger partial charge in [0, 0.05) is 25.3 Å². The van der Waals surface area contributed by atoms with Gasteiger partial charge in [-0.2, -0.15) is 0 Å². The van der Waals surface area contributed by atoms with Crippen molar-refractivity contribution in [1.82, 2.24) is 10.6 Å². The van der Waals surface area contributed by atoms with Gasteiger partial charge in [-0.25, -0.2) is 0 Å². The summed E-state index contributed by atoms with van der Waals surface area (Å²) in [6.45, 7) is 3.10. The molecule has 2 N–H and O–H groups in total. The summed E-state index contributed by atoms with van der Waals surface area (Å²) >= 11 is 0. The van der Waals surface area contributed by atoms with Crippen molar-refractivity contribution < 1.29 is 14.3 Å². The Kier molecular flexibility index (Phi) is 6.93. The second-order valence-corrected chi connectivity index (χ2v) is 6.65. The fourth-order valence-corrected chi connectivity index (χ4v) is 3.69. The Morgan fingerprint density at radius 1 is 1.14 bits per heavy atom. The molecule has 0 aromatic heterocycles. The molecular weight excluding hydrogens is 304 g/mol. The molecule has 2 heterocycles. The first-order valence-electron chi connectivity index (χ1n) is 8.58. The number of amides is 1. The molecule has 1 aliphatic carbocycles. The van der Waals surface area contributed by atoms with Crippen molar-refractivity contribution in [2.45, 2.75) is 63.3 Å². The second-order valence-electron chi connectivity index (χ2n) is 6.65. The van der Waals surface area contributed by atoms with E-state index in [-0.39, 0.29) is 36.1 Å². The van der Waals surface area contributed by atoms with E-state index in [1.54, 1.807) is 0 Å². The number of hydrogen-bond acceptors (Lipinski definition) is 4. The average molecular weight is 333 g/mol. The molecule has 0 aromatic carbocycles. The molecule has 1 amide bonds. The number of carbonyl (C=O) groups excluding carboxylic acids is 1. The fraction of sp³-hybridized carbons (Fsp3) is 0.938. The molecule has 128 valence electrons. The first kappa shape index (κ1) is 18.0. The maximum atomic E-state index is 12.1. The predicted molar refractivity (Wildman–Crippen MR) is 87.1 cm³/mol. The van der Waals surface area contributed by atoms with Crippen molar-refractivity contribution in [2.75, 3.05) is 26.2 Å². The number of hydrogen-bond donors (Lipinski definition) is 2. The monoisotopic (exact) mass is 332 g/mol. The van der Waals surface area contributed by atoms with Crippen molar-refractivity contribution in [3.05, 3.63) is 0 Å². The molecule has 6 heteroatoms. The number of piperidine rings is 1. The van der Waals surface area contributed by atoms with Gasteiger partial charge >= 0.3 is 0 Å². The van der Waals surface area contributed by atoms with Crippen molar-refractivity contribution in [3.63, 3.8) is 0 Å². The van der Waals surface area contributed by atoms with E-state index in [1.165, 1.54) is 25.7 Å². The Labute approximate surface area is 139 Å². The van der Waals surface area contributed by atoms with Gasteiger partial charge in [-0.15, -0.1) is 12.4 Å². The summed E-state index contributed by atoms with van der Waals surface area (Å²) in [6, 6.07) is 0. The molecule has 3 rings (SSSR count). The van der Waals surface area contributed by atoms with E-state index < -0.39 is 0 Å². The topological polar surface area (TPSA) is 59.6 Å². The number of ether oxygens (including phenoxy) is 2. The minimum Gasteiger partial charge on any atom is -0.353 e. The number of carbonyl (C=O) groups is 1. The van der Waals surface area contributed by atoms with E-state index in [0.29, 0.717) is 13.2 Å². The Hall–Kier alpha value is -0.360. The van der Waals surface area contributed by atoms with Crippen LogP contribution in [-0.2, 0) is 14.3 Å². The summed E-state index contributed by atoms with van der Waals surface area (Å²) in [6.07, 6.45) is 8.86. The highest BCUT2D eigenvalue weighted by atomic mass is 35.5. The molecule has 0 bridgehead atoms. The normalized spacial score (nSPS) is 28.8. The fourth-order valence-electron chi connectivity index (χ4n) is 3.69. The van der Waals surface area contributed by atoms with Crippen LogP contribution >= 0.6 is 12.4 Å². The van der Waals surface area contributed by atoms with E-state index in [0.717, 1.165) is 38.8 Å².